The molecule has 10 nitrogen and oxygen atoms in total. The van der Waals surface area contributed by atoms with Crippen molar-refractivity contribution in [3.05, 3.63) is 64.1 Å². The number of carbonyl (C=O) groups is 3. The van der Waals surface area contributed by atoms with Gasteiger partial charge in [-0.25, -0.2) is 9.48 Å². The smallest absolute Gasteiger partial charge is 0.408 e. The van der Waals surface area contributed by atoms with Crippen LogP contribution >= 0.6 is 35.0 Å². The van der Waals surface area contributed by atoms with Gasteiger partial charge in [0, 0.05) is 0 Å². The van der Waals surface area contributed by atoms with Crippen molar-refractivity contribution in [2.75, 3.05) is 0 Å². The van der Waals surface area contributed by atoms with Crippen LogP contribution in [0.1, 0.15) is 12.0 Å². The van der Waals surface area contributed by atoms with Crippen LogP contribution in [0.5, 0.6) is 0 Å². The van der Waals surface area contributed by atoms with Crippen molar-refractivity contribution in [3.63, 3.8) is 0 Å². The molecule has 0 aliphatic carbocycles. The summed E-state index contributed by atoms with van der Waals surface area (Å²) < 4.78 is 6.24. The fraction of sp³-hybridized carbons (Fsp3) is 0.200. The van der Waals surface area contributed by atoms with Gasteiger partial charge in [0.1, 0.15) is 19.2 Å². The number of tetrazole rings is 1. The number of hydrogen-bond acceptors (Lipinski definition) is 8. The monoisotopic (exact) mass is 509 g/mol. The SMILES string of the molecule is O=C(O)CC(NC(=O)OCc1ccccc1)C(=O)Cn1nnnc1Sc1c(Cl)cccc1Cl. The van der Waals surface area contributed by atoms with Gasteiger partial charge in [0.25, 0.3) is 0 Å². The van der Waals surface area contributed by atoms with Crippen LogP contribution < -0.4 is 5.32 Å². The summed E-state index contributed by atoms with van der Waals surface area (Å²) in [6.45, 7) is -0.429. The van der Waals surface area contributed by atoms with E-state index in [1.807, 2.05) is 6.07 Å². The molecule has 0 aliphatic rings. The predicted molar refractivity (Wildman–Crippen MR) is 119 cm³/mol. The molecule has 0 bridgehead atoms. The van der Waals surface area contributed by atoms with Crippen LogP contribution in [0.15, 0.2) is 58.6 Å². The van der Waals surface area contributed by atoms with Crippen LogP contribution in [-0.4, -0.2) is 49.2 Å². The van der Waals surface area contributed by atoms with E-state index in [1.165, 1.54) is 4.68 Å². The van der Waals surface area contributed by atoms with Gasteiger partial charge in [-0.15, -0.1) is 5.10 Å². The van der Waals surface area contributed by atoms with Crippen LogP contribution in [0.3, 0.4) is 0 Å². The Kier molecular flexibility index (Phi) is 8.64. The van der Waals surface area contributed by atoms with Crippen LogP contribution in [0, 0.1) is 0 Å². The second kappa shape index (κ2) is 11.6. The lowest BCUT2D eigenvalue weighted by Crippen LogP contribution is -2.44. The molecular weight excluding hydrogens is 493 g/mol. The highest BCUT2D eigenvalue weighted by Gasteiger charge is 2.26. The number of aliphatic carboxylic acids is 1. The molecule has 1 aromatic heterocycles. The number of benzene rings is 2. The number of Topliss-reactive ketones (excluding diaryl/α,β-unsaturated/α-hetero) is 1. The standard InChI is InChI=1S/C20H17Cl2N5O5S/c21-13-7-4-8-14(22)18(13)33-19-24-25-26-27(19)10-16(28)15(9-17(29)30)23-20(31)32-11-12-5-2-1-3-6-12/h1-8,15H,9-11H2,(H,23,31)(H,29,30). The molecule has 172 valence electrons. The molecule has 13 heteroatoms. The lowest BCUT2D eigenvalue weighted by Gasteiger charge is -2.16. The third-order valence-corrected chi connectivity index (χ3v) is 6.16. The minimum atomic E-state index is -1.35. The number of ether oxygens (including phenoxy) is 1. The summed E-state index contributed by atoms with van der Waals surface area (Å²) >= 11 is 13.4. The van der Waals surface area contributed by atoms with E-state index in [0.29, 0.717) is 14.9 Å². The van der Waals surface area contributed by atoms with Crippen LogP contribution in [-0.2, 0) is 27.5 Å². The molecule has 33 heavy (non-hydrogen) atoms. The van der Waals surface area contributed by atoms with Gasteiger partial charge in [0.15, 0.2) is 5.78 Å². The molecule has 1 heterocycles. The van der Waals surface area contributed by atoms with Crippen molar-refractivity contribution in [2.24, 2.45) is 0 Å². The highest BCUT2D eigenvalue weighted by molar-refractivity contribution is 7.99. The number of rotatable bonds is 10. The summed E-state index contributed by atoms with van der Waals surface area (Å²) in [7, 11) is 0. The average Bonchev–Trinajstić information content (AvgIpc) is 3.21. The molecule has 0 saturated heterocycles. The molecular formula is C20H17Cl2N5O5S. The molecule has 1 atom stereocenters. The van der Waals surface area contributed by atoms with Gasteiger partial charge in [0.2, 0.25) is 5.16 Å². The quantitative estimate of drug-likeness (QED) is 0.420. The first-order valence-electron chi connectivity index (χ1n) is 9.43. The van der Waals surface area contributed by atoms with E-state index in [4.69, 9.17) is 33.0 Å². The highest BCUT2D eigenvalue weighted by Crippen LogP contribution is 2.37. The van der Waals surface area contributed by atoms with E-state index < -0.39 is 36.9 Å². The molecule has 0 fully saturated rings. The number of halogens is 2. The van der Waals surface area contributed by atoms with Crippen LogP contribution in [0.4, 0.5) is 4.79 Å². The van der Waals surface area contributed by atoms with Crippen molar-refractivity contribution in [3.8, 4) is 0 Å². The maximum Gasteiger partial charge on any atom is 0.408 e. The molecule has 2 N–H and O–H groups in total. The molecule has 3 rings (SSSR count). The predicted octanol–water partition coefficient (Wildman–Crippen LogP) is 3.47. The molecule has 0 aliphatic heterocycles. The summed E-state index contributed by atoms with van der Waals surface area (Å²) in [4.78, 5) is 36.7. The van der Waals surface area contributed by atoms with E-state index in [-0.39, 0.29) is 11.8 Å². The topological polar surface area (TPSA) is 136 Å². The number of carboxylic acid groups (broad SMARTS) is 1. The van der Waals surface area contributed by atoms with Crippen molar-refractivity contribution >= 4 is 52.8 Å². The number of nitrogens with zero attached hydrogens (tertiary/aromatic N) is 4. The average molecular weight is 510 g/mol. The first kappa shape index (κ1) is 24.5. The minimum Gasteiger partial charge on any atom is -0.481 e. The molecule has 1 amide bonds. The van der Waals surface area contributed by atoms with Crippen molar-refractivity contribution < 1.29 is 24.2 Å². The Hall–Kier alpha value is -3.15. The summed E-state index contributed by atoms with van der Waals surface area (Å²) in [5, 5.41) is 23.6. The zero-order valence-corrected chi connectivity index (χ0v) is 19.2. The first-order valence-corrected chi connectivity index (χ1v) is 11.0. The molecule has 2 aromatic carbocycles. The zero-order chi connectivity index (χ0) is 23.8. The Morgan fingerprint density at radius 1 is 1.09 bits per heavy atom. The van der Waals surface area contributed by atoms with Gasteiger partial charge in [-0.1, -0.05) is 59.6 Å². The fourth-order valence-electron chi connectivity index (χ4n) is 2.62. The number of nitrogens with one attached hydrogen (secondary N) is 1. The summed E-state index contributed by atoms with van der Waals surface area (Å²) in [5.74, 6) is -1.90. The van der Waals surface area contributed by atoms with Gasteiger partial charge in [-0.2, -0.15) is 0 Å². The number of carboxylic acids is 1. The highest BCUT2D eigenvalue weighted by atomic mass is 35.5. The van der Waals surface area contributed by atoms with Gasteiger partial charge >= 0.3 is 12.1 Å². The molecule has 0 radical (unpaired) electrons. The number of carbonyl (C=O) groups excluding carboxylic acids is 2. The fourth-order valence-corrected chi connectivity index (χ4v) is 4.05. The summed E-state index contributed by atoms with van der Waals surface area (Å²) in [5.41, 5.74) is 0.738. The summed E-state index contributed by atoms with van der Waals surface area (Å²) in [6, 6.07) is 12.5. The maximum atomic E-state index is 12.8. The molecule has 1 unspecified atom stereocenters. The molecule has 0 spiro atoms. The molecule has 0 saturated carbocycles. The number of ketones is 1. The third-order valence-electron chi connectivity index (χ3n) is 4.19. The van der Waals surface area contributed by atoms with E-state index in [9.17, 15) is 14.4 Å². The van der Waals surface area contributed by atoms with Crippen molar-refractivity contribution in [1.82, 2.24) is 25.5 Å². The number of amides is 1. The van der Waals surface area contributed by atoms with E-state index in [2.05, 4.69) is 20.8 Å². The Morgan fingerprint density at radius 3 is 2.45 bits per heavy atom. The minimum absolute atomic E-state index is 0.0347. The Bertz CT molecular complexity index is 1120. The Labute approximate surface area is 202 Å². The Morgan fingerprint density at radius 2 is 1.79 bits per heavy atom. The second-order valence-electron chi connectivity index (χ2n) is 6.59. The van der Waals surface area contributed by atoms with Crippen LogP contribution in [0.2, 0.25) is 10.0 Å². The van der Waals surface area contributed by atoms with Crippen molar-refractivity contribution in [2.45, 2.75) is 35.7 Å². The lowest BCUT2D eigenvalue weighted by molar-refractivity contribution is -0.139. The second-order valence-corrected chi connectivity index (χ2v) is 8.39. The number of aromatic nitrogens is 4. The summed E-state index contributed by atoms with van der Waals surface area (Å²) in [6.07, 6.45) is -1.56. The largest absolute Gasteiger partial charge is 0.481 e. The third kappa shape index (κ3) is 7.17. The van der Waals surface area contributed by atoms with Gasteiger partial charge in [0.05, 0.1) is 21.4 Å². The van der Waals surface area contributed by atoms with E-state index in [1.54, 1.807) is 42.5 Å². The zero-order valence-electron chi connectivity index (χ0n) is 16.9. The Balaban J connectivity index is 1.66. The normalized spacial score (nSPS) is 11.6. The first-order chi connectivity index (χ1) is 15.8. The number of alkyl carbamates (subject to hydrolysis) is 1. The van der Waals surface area contributed by atoms with Crippen molar-refractivity contribution in [1.29, 1.82) is 0 Å². The van der Waals surface area contributed by atoms with Gasteiger partial charge < -0.3 is 15.2 Å². The maximum absolute atomic E-state index is 12.8. The van der Waals surface area contributed by atoms with E-state index >= 15 is 0 Å². The van der Waals surface area contributed by atoms with E-state index in [0.717, 1.165) is 17.3 Å². The lowest BCUT2D eigenvalue weighted by atomic mass is 10.1. The van der Waals surface area contributed by atoms with Gasteiger partial charge in [-0.05, 0) is 39.9 Å². The van der Waals surface area contributed by atoms with Crippen LogP contribution in [0.25, 0.3) is 0 Å². The number of hydrogen-bond donors (Lipinski definition) is 2. The molecule has 3 aromatic rings. The van der Waals surface area contributed by atoms with Gasteiger partial charge in [-0.3, -0.25) is 9.59 Å².